The minimum absolute atomic E-state index is 0.186. The fourth-order valence-electron chi connectivity index (χ4n) is 2.29. The van der Waals surface area contributed by atoms with E-state index < -0.39 is 0 Å². The van der Waals surface area contributed by atoms with E-state index in [0.717, 1.165) is 18.8 Å². The number of nitrogens with zero attached hydrogens (tertiary/aromatic N) is 4. The van der Waals surface area contributed by atoms with Crippen molar-refractivity contribution in [1.82, 2.24) is 20.0 Å². The van der Waals surface area contributed by atoms with Crippen LogP contribution < -0.4 is 5.32 Å². The van der Waals surface area contributed by atoms with Crippen LogP contribution in [-0.2, 0) is 18.3 Å². The third-order valence-electron chi connectivity index (χ3n) is 3.41. The number of hydrogen-bond acceptors (Lipinski definition) is 6. The van der Waals surface area contributed by atoms with Crippen molar-refractivity contribution in [1.29, 1.82) is 5.26 Å². The Hall–Kier alpha value is -1.91. The van der Waals surface area contributed by atoms with Gasteiger partial charge in [-0.1, -0.05) is 0 Å². The molecule has 20 heavy (non-hydrogen) atoms. The zero-order chi connectivity index (χ0) is 14.5. The molecule has 2 heterocycles. The molecule has 0 aliphatic carbocycles. The Morgan fingerprint density at radius 3 is 3.20 bits per heavy atom. The topological polar surface area (TPSA) is 83.2 Å². The van der Waals surface area contributed by atoms with Crippen LogP contribution in [0.25, 0.3) is 0 Å². The molecule has 7 nitrogen and oxygen atoms in total. The minimum Gasteiger partial charge on any atom is -0.462 e. The van der Waals surface area contributed by atoms with Crippen molar-refractivity contribution in [3.05, 3.63) is 17.5 Å². The Bertz CT molecular complexity index is 519. The van der Waals surface area contributed by atoms with Gasteiger partial charge in [-0.3, -0.25) is 9.58 Å². The molecule has 0 radical (unpaired) electrons. The molecule has 2 rings (SSSR count). The number of carbonyl (C=O) groups excluding carboxylic acids is 1. The molecule has 7 heteroatoms. The molecule has 0 spiro atoms. The first-order valence-electron chi connectivity index (χ1n) is 6.69. The predicted octanol–water partition coefficient (Wildman–Crippen LogP) is -0.106. The van der Waals surface area contributed by atoms with Crippen LogP contribution in [0.2, 0.25) is 0 Å². The van der Waals surface area contributed by atoms with E-state index in [1.54, 1.807) is 18.7 Å². The highest BCUT2D eigenvalue weighted by Gasteiger charge is 2.25. The molecular formula is C13H19N5O2. The van der Waals surface area contributed by atoms with Gasteiger partial charge in [0.15, 0.2) is 0 Å². The summed E-state index contributed by atoms with van der Waals surface area (Å²) in [4.78, 5) is 14.0. The monoisotopic (exact) mass is 277 g/mol. The van der Waals surface area contributed by atoms with E-state index >= 15 is 0 Å². The summed E-state index contributed by atoms with van der Waals surface area (Å²) in [5.74, 6) is -0.362. The van der Waals surface area contributed by atoms with E-state index in [0.29, 0.717) is 25.3 Å². The highest BCUT2D eigenvalue weighted by molar-refractivity contribution is 5.90. The molecule has 0 saturated carbocycles. The summed E-state index contributed by atoms with van der Waals surface area (Å²) >= 11 is 0. The molecule has 1 aromatic rings. The molecule has 1 atom stereocenters. The lowest BCUT2D eigenvalue weighted by molar-refractivity contribution is 0.0523. The van der Waals surface area contributed by atoms with E-state index in [9.17, 15) is 10.1 Å². The van der Waals surface area contributed by atoms with E-state index in [1.165, 1.54) is 6.20 Å². The second-order valence-corrected chi connectivity index (χ2v) is 4.67. The summed E-state index contributed by atoms with van der Waals surface area (Å²) < 4.78 is 6.71. The SMILES string of the molecule is CCOC(=O)c1cnn(C)c1CN1CCNCC1C#N. The van der Waals surface area contributed by atoms with Crippen LogP contribution in [0.3, 0.4) is 0 Å². The molecule has 108 valence electrons. The second-order valence-electron chi connectivity index (χ2n) is 4.67. The molecule has 0 aromatic carbocycles. The van der Waals surface area contributed by atoms with Crippen molar-refractivity contribution in [3.8, 4) is 6.07 Å². The highest BCUT2D eigenvalue weighted by Crippen LogP contribution is 2.15. The lowest BCUT2D eigenvalue weighted by Crippen LogP contribution is -2.50. The number of hydrogen-bond donors (Lipinski definition) is 1. The number of aryl methyl sites for hydroxylation is 1. The summed E-state index contributed by atoms with van der Waals surface area (Å²) in [7, 11) is 1.79. The molecule has 1 aromatic heterocycles. The van der Waals surface area contributed by atoms with Crippen molar-refractivity contribution in [2.24, 2.45) is 7.05 Å². The molecule has 1 aliphatic rings. The van der Waals surface area contributed by atoms with E-state index in [-0.39, 0.29) is 12.0 Å². The van der Waals surface area contributed by atoms with Crippen molar-refractivity contribution in [3.63, 3.8) is 0 Å². The average Bonchev–Trinajstić information content (AvgIpc) is 2.81. The van der Waals surface area contributed by atoms with Crippen LogP contribution in [0.15, 0.2) is 6.20 Å². The van der Waals surface area contributed by atoms with Crippen molar-refractivity contribution in [2.45, 2.75) is 19.5 Å². The van der Waals surface area contributed by atoms with Gasteiger partial charge in [0.1, 0.15) is 11.6 Å². The fourth-order valence-corrected chi connectivity index (χ4v) is 2.29. The Morgan fingerprint density at radius 1 is 1.70 bits per heavy atom. The first-order chi connectivity index (χ1) is 9.67. The average molecular weight is 277 g/mol. The fraction of sp³-hybridized carbons (Fsp3) is 0.615. The quantitative estimate of drug-likeness (QED) is 0.773. The second kappa shape index (κ2) is 6.50. The molecule has 1 N–H and O–H groups in total. The third-order valence-corrected chi connectivity index (χ3v) is 3.41. The largest absolute Gasteiger partial charge is 0.462 e. The summed E-state index contributed by atoms with van der Waals surface area (Å²) in [6, 6.07) is 2.09. The Balaban J connectivity index is 2.18. The zero-order valence-corrected chi connectivity index (χ0v) is 11.8. The van der Waals surface area contributed by atoms with Gasteiger partial charge in [-0.2, -0.15) is 10.4 Å². The van der Waals surface area contributed by atoms with Gasteiger partial charge in [-0.05, 0) is 6.92 Å². The zero-order valence-electron chi connectivity index (χ0n) is 11.8. The molecule has 1 fully saturated rings. The Morgan fingerprint density at radius 2 is 2.50 bits per heavy atom. The number of rotatable bonds is 4. The van der Waals surface area contributed by atoms with Crippen LogP contribution in [0, 0.1) is 11.3 Å². The summed E-state index contributed by atoms with van der Waals surface area (Å²) in [6.07, 6.45) is 1.52. The highest BCUT2D eigenvalue weighted by atomic mass is 16.5. The Kier molecular flexibility index (Phi) is 4.71. The lowest BCUT2D eigenvalue weighted by Gasteiger charge is -2.31. The van der Waals surface area contributed by atoms with E-state index in [2.05, 4.69) is 21.4 Å². The van der Waals surface area contributed by atoms with Crippen LogP contribution in [0.1, 0.15) is 23.0 Å². The van der Waals surface area contributed by atoms with Gasteiger partial charge in [-0.25, -0.2) is 4.79 Å². The molecule has 1 saturated heterocycles. The first-order valence-corrected chi connectivity index (χ1v) is 6.69. The standard InChI is InChI=1S/C13H19N5O2/c1-3-20-13(19)11-8-16-17(2)12(11)9-18-5-4-15-7-10(18)6-14/h8,10,15H,3-5,7,9H2,1-2H3. The minimum atomic E-state index is -0.362. The number of nitrogens with one attached hydrogen (secondary N) is 1. The number of ether oxygens (including phenoxy) is 1. The maximum Gasteiger partial charge on any atom is 0.341 e. The van der Waals surface area contributed by atoms with Gasteiger partial charge in [0.25, 0.3) is 0 Å². The number of nitriles is 1. The van der Waals surface area contributed by atoms with Crippen LogP contribution >= 0.6 is 0 Å². The number of carbonyl (C=O) groups is 1. The lowest BCUT2D eigenvalue weighted by atomic mass is 10.1. The number of esters is 1. The summed E-state index contributed by atoms with van der Waals surface area (Å²) in [6.45, 7) is 4.88. The normalized spacial score (nSPS) is 19.6. The van der Waals surface area contributed by atoms with Gasteiger partial charge in [0, 0.05) is 33.2 Å². The number of aromatic nitrogens is 2. The first kappa shape index (κ1) is 14.5. The summed E-state index contributed by atoms with van der Waals surface area (Å²) in [5, 5.41) is 16.5. The molecule has 0 bridgehead atoms. The van der Waals surface area contributed by atoms with Crippen LogP contribution in [0.5, 0.6) is 0 Å². The third kappa shape index (κ3) is 2.98. The molecule has 1 unspecified atom stereocenters. The molecule has 0 amide bonds. The molecule has 1 aliphatic heterocycles. The van der Waals surface area contributed by atoms with E-state index in [4.69, 9.17) is 4.74 Å². The van der Waals surface area contributed by atoms with Crippen molar-refractivity contribution >= 4 is 5.97 Å². The maximum absolute atomic E-state index is 11.9. The van der Waals surface area contributed by atoms with Crippen molar-refractivity contribution in [2.75, 3.05) is 26.2 Å². The molecular weight excluding hydrogens is 258 g/mol. The summed E-state index contributed by atoms with van der Waals surface area (Å²) in [5.41, 5.74) is 1.26. The van der Waals surface area contributed by atoms with Crippen LogP contribution in [0.4, 0.5) is 0 Å². The Labute approximate surface area is 118 Å². The van der Waals surface area contributed by atoms with Gasteiger partial charge >= 0.3 is 5.97 Å². The number of piperazine rings is 1. The predicted molar refractivity (Wildman–Crippen MR) is 71.8 cm³/mol. The van der Waals surface area contributed by atoms with E-state index in [1.807, 2.05) is 0 Å². The van der Waals surface area contributed by atoms with Gasteiger partial charge < -0.3 is 10.1 Å². The van der Waals surface area contributed by atoms with Crippen molar-refractivity contribution < 1.29 is 9.53 Å². The maximum atomic E-state index is 11.9. The van der Waals surface area contributed by atoms with Crippen LogP contribution in [-0.4, -0.2) is 52.9 Å². The van der Waals surface area contributed by atoms with Gasteiger partial charge in [0.05, 0.1) is 24.6 Å². The van der Waals surface area contributed by atoms with Gasteiger partial charge in [0.2, 0.25) is 0 Å². The smallest absolute Gasteiger partial charge is 0.341 e. The van der Waals surface area contributed by atoms with Gasteiger partial charge in [-0.15, -0.1) is 0 Å².